The number of halogens is 1. The lowest BCUT2D eigenvalue weighted by molar-refractivity contribution is -0.123. The largest absolute Gasteiger partial charge is 0.483 e. The van der Waals surface area contributed by atoms with Crippen LogP contribution in [0.4, 0.5) is 0 Å². The first-order chi connectivity index (χ1) is 16.1. The summed E-state index contributed by atoms with van der Waals surface area (Å²) in [5.74, 6) is -0.314. The molecule has 3 aromatic rings. The van der Waals surface area contributed by atoms with Gasteiger partial charge >= 0.3 is 0 Å². The Morgan fingerprint density at radius 2 is 1.76 bits per heavy atom. The summed E-state index contributed by atoms with van der Waals surface area (Å²) >= 11 is 8.54. The van der Waals surface area contributed by atoms with E-state index in [0.717, 1.165) is 26.4 Å². The van der Waals surface area contributed by atoms with Crippen molar-refractivity contribution in [2.24, 2.45) is 0 Å². The number of nitrogens with one attached hydrogen (secondary N) is 3. The molecule has 3 rings (SSSR count). The van der Waals surface area contributed by atoms with Gasteiger partial charge < -0.3 is 4.74 Å². The fourth-order valence-corrected chi connectivity index (χ4v) is 3.78. The second kappa shape index (κ2) is 11.3. The number of benzene rings is 3. The van der Waals surface area contributed by atoms with Gasteiger partial charge in [-0.1, -0.05) is 69.3 Å². The normalized spacial score (nSPS) is 11.3. The first-order valence-corrected chi connectivity index (χ1v) is 11.8. The zero-order chi connectivity index (χ0) is 24.7. The summed E-state index contributed by atoms with van der Waals surface area (Å²) in [6.07, 6.45) is 3.11. The average Bonchev–Trinajstić information content (AvgIpc) is 2.80. The Morgan fingerprint density at radius 3 is 2.50 bits per heavy atom. The Bertz CT molecular complexity index is 1250. The van der Waals surface area contributed by atoms with Crippen molar-refractivity contribution in [3.05, 3.63) is 82.3 Å². The number of amides is 2. The van der Waals surface area contributed by atoms with Gasteiger partial charge in [-0.3, -0.25) is 25.8 Å². The summed E-state index contributed by atoms with van der Waals surface area (Å²) < 4.78 is 6.33. The van der Waals surface area contributed by atoms with Crippen molar-refractivity contribution in [1.82, 2.24) is 16.2 Å². The predicted molar refractivity (Wildman–Crippen MR) is 143 cm³/mol. The number of hydrogen-bond donors (Lipinski definition) is 3. The van der Waals surface area contributed by atoms with Gasteiger partial charge in [0, 0.05) is 6.08 Å². The predicted octanol–water partition coefficient (Wildman–Crippen LogP) is 5.01. The van der Waals surface area contributed by atoms with Crippen molar-refractivity contribution in [1.29, 1.82) is 0 Å². The van der Waals surface area contributed by atoms with Crippen molar-refractivity contribution >= 4 is 61.9 Å². The zero-order valence-corrected chi connectivity index (χ0v) is 21.5. The molecule has 0 saturated carbocycles. The second-order valence-electron chi connectivity index (χ2n) is 8.58. The molecule has 3 aromatic carbocycles. The quantitative estimate of drug-likeness (QED) is 0.241. The van der Waals surface area contributed by atoms with Gasteiger partial charge in [0.1, 0.15) is 5.75 Å². The topological polar surface area (TPSA) is 79.5 Å². The van der Waals surface area contributed by atoms with E-state index < -0.39 is 11.8 Å². The number of ether oxygens (including phenoxy) is 1. The molecular formula is C26H26BrN3O3S. The van der Waals surface area contributed by atoms with Gasteiger partial charge in [0.25, 0.3) is 5.91 Å². The van der Waals surface area contributed by atoms with Crippen LogP contribution in [0.3, 0.4) is 0 Å². The summed E-state index contributed by atoms with van der Waals surface area (Å²) in [6.45, 7) is 6.14. The highest BCUT2D eigenvalue weighted by Gasteiger charge is 2.15. The van der Waals surface area contributed by atoms with E-state index in [9.17, 15) is 9.59 Å². The zero-order valence-electron chi connectivity index (χ0n) is 19.1. The molecule has 6 nitrogen and oxygen atoms in total. The summed E-state index contributed by atoms with van der Waals surface area (Å²) in [7, 11) is 0. The van der Waals surface area contributed by atoms with Crippen molar-refractivity contribution in [3.8, 4) is 5.75 Å². The Labute approximate surface area is 212 Å². The molecule has 34 heavy (non-hydrogen) atoms. The molecule has 0 fully saturated rings. The SMILES string of the molecule is CC(C)(C)c1ccc(OCC(=O)NNC(=S)NC(=O)C=Cc2cccc3ccccc23)c(Br)c1. The van der Waals surface area contributed by atoms with Gasteiger partial charge in [0.05, 0.1) is 4.47 Å². The monoisotopic (exact) mass is 539 g/mol. The van der Waals surface area contributed by atoms with Gasteiger partial charge in [-0.05, 0) is 73.7 Å². The fourth-order valence-electron chi connectivity index (χ4n) is 3.14. The molecule has 2 amide bonds. The minimum absolute atomic E-state index is 0.00649. The molecule has 0 aliphatic carbocycles. The van der Waals surface area contributed by atoms with E-state index in [1.807, 2.05) is 60.7 Å². The van der Waals surface area contributed by atoms with Crippen molar-refractivity contribution < 1.29 is 14.3 Å². The van der Waals surface area contributed by atoms with Crippen LogP contribution in [0.1, 0.15) is 31.9 Å². The molecule has 0 atom stereocenters. The van der Waals surface area contributed by atoms with Crippen LogP contribution in [0.2, 0.25) is 0 Å². The highest BCUT2D eigenvalue weighted by Crippen LogP contribution is 2.31. The van der Waals surface area contributed by atoms with Gasteiger partial charge in [-0.15, -0.1) is 0 Å². The number of hydrogen-bond acceptors (Lipinski definition) is 4. The van der Waals surface area contributed by atoms with E-state index in [-0.39, 0.29) is 17.1 Å². The van der Waals surface area contributed by atoms with Crippen LogP contribution in [0.5, 0.6) is 5.75 Å². The number of rotatable bonds is 5. The number of carbonyl (C=O) groups excluding carboxylic acids is 2. The molecule has 3 N–H and O–H groups in total. The Morgan fingerprint density at radius 1 is 1.03 bits per heavy atom. The molecule has 0 unspecified atom stereocenters. The van der Waals surface area contributed by atoms with Crippen molar-refractivity contribution in [2.75, 3.05) is 6.61 Å². The molecule has 0 radical (unpaired) electrons. The van der Waals surface area contributed by atoms with Crippen LogP contribution in [-0.4, -0.2) is 23.5 Å². The van der Waals surface area contributed by atoms with E-state index >= 15 is 0 Å². The maximum atomic E-state index is 12.2. The van der Waals surface area contributed by atoms with E-state index in [1.165, 1.54) is 6.08 Å². The van der Waals surface area contributed by atoms with E-state index in [2.05, 4.69) is 52.9 Å². The lowest BCUT2D eigenvalue weighted by Crippen LogP contribution is -2.49. The third-order valence-electron chi connectivity index (χ3n) is 4.95. The maximum absolute atomic E-state index is 12.2. The molecule has 0 aliphatic rings. The van der Waals surface area contributed by atoms with Gasteiger partial charge in [-0.2, -0.15) is 0 Å². The molecular weight excluding hydrogens is 514 g/mol. The Hall–Kier alpha value is -3.23. The minimum atomic E-state index is -0.449. The van der Waals surface area contributed by atoms with E-state index in [4.69, 9.17) is 17.0 Å². The van der Waals surface area contributed by atoms with E-state index in [0.29, 0.717) is 5.75 Å². The summed E-state index contributed by atoms with van der Waals surface area (Å²) in [5, 5.41) is 4.59. The molecule has 0 spiro atoms. The second-order valence-corrected chi connectivity index (χ2v) is 9.84. The molecule has 0 bridgehead atoms. The third kappa shape index (κ3) is 7.13. The number of fused-ring (bicyclic) bond motifs is 1. The van der Waals surface area contributed by atoms with Gasteiger partial charge in [0.2, 0.25) is 5.91 Å². The lowest BCUT2D eigenvalue weighted by atomic mass is 9.87. The Balaban J connectivity index is 1.45. The first-order valence-electron chi connectivity index (χ1n) is 10.6. The maximum Gasteiger partial charge on any atom is 0.276 e. The van der Waals surface area contributed by atoms with Crippen LogP contribution in [0.15, 0.2) is 71.2 Å². The molecule has 8 heteroatoms. The van der Waals surface area contributed by atoms with Crippen molar-refractivity contribution in [2.45, 2.75) is 26.2 Å². The molecule has 0 saturated heterocycles. The summed E-state index contributed by atoms with van der Waals surface area (Å²) in [5.41, 5.74) is 6.97. The smallest absolute Gasteiger partial charge is 0.276 e. The molecule has 0 aromatic heterocycles. The summed E-state index contributed by atoms with van der Waals surface area (Å²) in [6, 6.07) is 19.5. The van der Waals surface area contributed by atoms with Gasteiger partial charge in [-0.25, -0.2) is 0 Å². The lowest BCUT2D eigenvalue weighted by Gasteiger charge is -2.20. The first kappa shape index (κ1) is 25.4. The average molecular weight is 540 g/mol. The van der Waals surface area contributed by atoms with Crippen LogP contribution in [-0.2, 0) is 15.0 Å². The van der Waals surface area contributed by atoms with E-state index in [1.54, 1.807) is 6.08 Å². The molecule has 0 heterocycles. The standard InChI is InChI=1S/C26H26BrN3O3S/c1-26(2,3)19-12-13-22(21(27)15-19)33-16-24(32)29-30-25(34)28-23(31)14-11-18-9-6-8-17-7-4-5-10-20(17)18/h4-15H,16H2,1-3H3,(H,29,32)(H2,28,30,31,34). The van der Waals surface area contributed by atoms with Crippen molar-refractivity contribution in [3.63, 3.8) is 0 Å². The minimum Gasteiger partial charge on any atom is -0.483 e. The van der Waals surface area contributed by atoms with Crippen LogP contribution in [0.25, 0.3) is 16.8 Å². The number of carbonyl (C=O) groups is 2. The third-order valence-corrected chi connectivity index (χ3v) is 5.77. The van der Waals surface area contributed by atoms with Crippen LogP contribution in [0, 0.1) is 0 Å². The van der Waals surface area contributed by atoms with Crippen LogP contribution >= 0.6 is 28.1 Å². The molecule has 176 valence electrons. The Kier molecular flexibility index (Phi) is 8.41. The number of hydrazine groups is 1. The summed E-state index contributed by atoms with van der Waals surface area (Å²) in [4.78, 5) is 24.3. The molecule has 0 aliphatic heterocycles. The fraction of sp³-hybridized carbons (Fsp3) is 0.192. The van der Waals surface area contributed by atoms with Crippen LogP contribution < -0.4 is 20.9 Å². The highest BCUT2D eigenvalue weighted by atomic mass is 79.9. The number of thiocarbonyl (C=S) groups is 1. The highest BCUT2D eigenvalue weighted by molar-refractivity contribution is 9.10. The van der Waals surface area contributed by atoms with Gasteiger partial charge in [0.15, 0.2) is 11.7 Å².